The minimum absolute atomic E-state index is 0.0156. The average Bonchev–Trinajstić information content (AvgIpc) is 2.68. The zero-order chi connectivity index (χ0) is 19.6. The molecule has 0 spiro atoms. The van der Waals surface area contributed by atoms with Gasteiger partial charge in [0.15, 0.2) is 0 Å². The lowest BCUT2D eigenvalue weighted by Crippen LogP contribution is -2.47. The summed E-state index contributed by atoms with van der Waals surface area (Å²) >= 11 is 5.94. The van der Waals surface area contributed by atoms with Crippen molar-refractivity contribution in [1.82, 2.24) is 10.2 Å². The maximum atomic E-state index is 12.6. The molecule has 0 bridgehead atoms. The number of nitrogens with zero attached hydrogens (tertiary/aromatic N) is 1. The maximum Gasteiger partial charge on any atom is 0.242 e. The topological polar surface area (TPSA) is 49.4 Å². The normalized spacial score (nSPS) is 11.7. The first-order valence-corrected chi connectivity index (χ1v) is 9.74. The van der Waals surface area contributed by atoms with Gasteiger partial charge in [0.2, 0.25) is 11.8 Å². The Kier molecular flexibility index (Phi) is 8.34. The van der Waals surface area contributed by atoms with Crippen LogP contribution in [0, 0.1) is 0 Å². The highest BCUT2D eigenvalue weighted by atomic mass is 35.5. The molecule has 2 amide bonds. The summed E-state index contributed by atoms with van der Waals surface area (Å²) in [6.45, 7) is 4.68. The lowest BCUT2D eigenvalue weighted by Gasteiger charge is -2.29. The van der Waals surface area contributed by atoms with Crippen molar-refractivity contribution in [2.75, 3.05) is 6.54 Å². The van der Waals surface area contributed by atoms with Gasteiger partial charge in [-0.25, -0.2) is 0 Å². The van der Waals surface area contributed by atoms with Crippen LogP contribution in [-0.2, 0) is 22.6 Å². The van der Waals surface area contributed by atoms with Crippen molar-refractivity contribution in [1.29, 1.82) is 0 Å². The summed E-state index contributed by atoms with van der Waals surface area (Å²) in [5.74, 6) is -0.150. The summed E-state index contributed by atoms with van der Waals surface area (Å²) in [6.07, 6.45) is 1.94. The highest BCUT2D eigenvalue weighted by Gasteiger charge is 2.25. The van der Waals surface area contributed by atoms with E-state index in [0.29, 0.717) is 24.5 Å². The van der Waals surface area contributed by atoms with E-state index in [1.54, 1.807) is 24.0 Å². The summed E-state index contributed by atoms with van der Waals surface area (Å²) in [6, 6.07) is 16.8. The van der Waals surface area contributed by atoms with Crippen LogP contribution >= 0.6 is 11.6 Å². The number of hydrogen-bond donors (Lipinski definition) is 1. The summed E-state index contributed by atoms with van der Waals surface area (Å²) in [5, 5.41) is 3.60. The van der Waals surface area contributed by atoms with Crippen molar-refractivity contribution in [3.8, 4) is 0 Å². The van der Waals surface area contributed by atoms with E-state index >= 15 is 0 Å². The summed E-state index contributed by atoms with van der Waals surface area (Å²) < 4.78 is 0. The second-order valence-corrected chi connectivity index (χ2v) is 7.04. The number of nitrogens with one attached hydrogen (secondary N) is 1. The molecular weight excluding hydrogens is 360 g/mol. The zero-order valence-corrected chi connectivity index (χ0v) is 16.7. The molecule has 0 fully saturated rings. The predicted molar refractivity (Wildman–Crippen MR) is 110 cm³/mol. The SMILES string of the molecule is CCCC(=O)N(Cc1ccc(Cl)cc1)[C@@H](C)C(=O)NCCc1ccccc1. The number of carbonyl (C=O) groups excluding carboxylic acids is 2. The lowest BCUT2D eigenvalue weighted by molar-refractivity contribution is -0.140. The third-order valence-corrected chi connectivity index (χ3v) is 4.71. The largest absolute Gasteiger partial charge is 0.354 e. The third-order valence-electron chi connectivity index (χ3n) is 4.45. The van der Waals surface area contributed by atoms with E-state index in [0.717, 1.165) is 18.4 Å². The van der Waals surface area contributed by atoms with Crippen molar-refractivity contribution in [2.45, 2.75) is 45.7 Å². The highest BCUT2D eigenvalue weighted by Crippen LogP contribution is 2.15. The van der Waals surface area contributed by atoms with E-state index in [1.165, 1.54) is 5.56 Å². The van der Waals surface area contributed by atoms with E-state index in [-0.39, 0.29) is 11.8 Å². The molecule has 0 radical (unpaired) electrons. The fourth-order valence-electron chi connectivity index (χ4n) is 2.85. The Bertz CT molecular complexity index is 732. The van der Waals surface area contributed by atoms with Crippen LogP contribution in [0.15, 0.2) is 54.6 Å². The Hall–Kier alpha value is -2.33. The van der Waals surface area contributed by atoms with Gasteiger partial charge < -0.3 is 10.2 Å². The zero-order valence-electron chi connectivity index (χ0n) is 16.0. The maximum absolute atomic E-state index is 12.6. The van der Waals surface area contributed by atoms with Gasteiger partial charge in [0.25, 0.3) is 0 Å². The van der Waals surface area contributed by atoms with Crippen molar-refractivity contribution in [3.63, 3.8) is 0 Å². The smallest absolute Gasteiger partial charge is 0.242 e. The summed E-state index contributed by atoms with van der Waals surface area (Å²) in [5.41, 5.74) is 2.12. The van der Waals surface area contributed by atoms with Crippen molar-refractivity contribution < 1.29 is 9.59 Å². The lowest BCUT2D eigenvalue weighted by atomic mass is 10.1. The number of hydrogen-bond acceptors (Lipinski definition) is 2. The molecule has 5 heteroatoms. The Morgan fingerprint density at radius 3 is 2.33 bits per heavy atom. The van der Waals surface area contributed by atoms with E-state index < -0.39 is 6.04 Å². The fraction of sp³-hybridized carbons (Fsp3) is 0.364. The van der Waals surface area contributed by atoms with Crippen LogP contribution in [0.4, 0.5) is 0 Å². The third kappa shape index (κ3) is 6.72. The molecule has 2 aromatic carbocycles. The van der Waals surface area contributed by atoms with Gasteiger partial charge in [0.05, 0.1) is 0 Å². The molecule has 144 valence electrons. The van der Waals surface area contributed by atoms with E-state index in [9.17, 15) is 9.59 Å². The van der Waals surface area contributed by atoms with Crippen LogP contribution in [0.5, 0.6) is 0 Å². The molecule has 0 aliphatic heterocycles. The first-order chi connectivity index (χ1) is 13.0. The highest BCUT2D eigenvalue weighted by molar-refractivity contribution is 6.30. The minimum atomic E-state index is -0.532. The monoisotopic (exact) mass is 386 g/mol. The molecule has 1 atom stereocenters. The van der Waals surface area contributed by atoms with Crippen LogP contribution in [0.2, 0.25) is 5.02 Å². The van der Waals surface area contributed by atoms with Crippen LogP contribution < -0.4 is 5.32 Å². The number of halogens is 1. The van der Waals surface area contributed by atoms with Crippen molar-refractivity contribution in [2.24, 2.45) is 0 Å². The Labute approximate surface area is 166 Å². The molecule has 0 saturated carbocycles. The van der Waals surface area contributed by atoms with Gasteiger partial charge >= 0.3 is 0 Å². The molecular formula is C22H27ClN2O2. The summed E-state index contributed by atoms with van der Waals surface area (Å²) in [4.78, 5) is 26.8. The molecule has 1 N–H and O–H groups in total. The molecule has 0 unspecified atom stereocenters. The average molecular weight is 387 g/mol. The van der Waals surface area contributed by atoms with Crippen LogP contribution in [0.1, 0.15) is 37.8 Å². The molecule has 0 aliphatic carbocycles. The van der Waals surface area contributed by atoms with E-state index in [4.69, 9.17) is 11.6 Å². The fourth-order valence-corrected chi connectivity index (χ4v) is 2.98. The Morgan fingerprint density at radius 1 is 1.04 bits per heavy atom. The van der Waals surface area contributed by atoms with E-state index in [1.807, 2.05) is 49.4 Å². The number of rotatable bonds is 9. The summed E-state index contributed by atoms with van der Waals surface area (Å²) in [7, 11) is 0. The van der Waals surface area contributed by atoms with E-state index in [2.05, 4.69) is 5.32 Å². The quantitative estimate of drug-likeness (QED) is 0.701. The van der Waals surface area contributed by atoms with Crippen molar-refractivity contribution in [3.05, 3.63) is 70.7 Å². The minimum Gasteiger partial charge on any atom is -0.354 e. The number of amides is 2. The van der Waals surface area contributed by atoms with Gasteiger partial charge in [-0.05, 0) is 43.0 Å². The molecule has 0 saturated heterocycles. The van der Waals surface area contributed by atoms with Crippen LogP contribution in [0.3, 0.4) is 0 Å². The standard InChI is InChI=1S/C22H27ClN2O2/c1-3-7-21(26)25(16-19-10-12-20(23)13-11-19)17(2)22(27)24-15-14-18-8-5-4-6-9-18/h4-6,8-13,17H,3,7,14-16H2,1-2H3,(H,24,27)/t17-/m0/s1. The number of carbonyl (C=O) groups is 2. The van der Waals surface area contributed by atoms with Gasteiger partial charge in [-0.15, -0.1) is 0 Å². The van der Waals surface area contributed by atoms with Gasteiger partial charge in [-0.3, -0.25) is 9.59 Å². The van der Waals surface area contributed by atoms with Gasteiger partial charge in [-0.2, -0.15) is 0 Å². The molecule has 2 aromatic rings. The van der Waals surface area contributed by atoms with Gasteiger partial charge in [-0.1, -0.05) is 61.0 Å². The predicted octanol–water partition coefficient (Wildman–Crippen LogP) is 4.22. The second-order valence-electron chi connectivity index (χ2n) is 6.60. The Morgan fingerprint density at radius 2 is 1.70 bits per heavy atom. The van der Waals surface area contributed by atoms with Gasteiger partial charge in [0, 0.05) is 24.5 Å². The first-order valence-electron chi connectivity index (χ1n) is 9.36. The molecule has 27 heavy (non-hydrogen) atoms. The molecule has 0 aliphatic rings. The first kappa shape index (κ1) is 21.0. The van der Waals surface area contributed by atoms with Crippen LogP contribution in [-0.4, -0.2) is 29.3 Å². The Balaban J connectivity index is 1.98. The second kappa shape index (κ2) is 10.7. The molecule has 0 heterocycles. The molecule has 4 nitrogen and oxygen atoms in total. The van der Waals surface area contributed by atoms with Crippen molar-refractivity contribution >= 4 is 23.4 Å². The van der Waals surface area contributed by atoms with Gasteiger partial charge in [0.1, 0.15) is 6.04 Å². The number of benzene rings is 2. The van der Waals surface area contributed by atoms with Crippen LogP contribution in [0.25, 0.3) is 0 Å². The molecule has 2 rings (SSSR count). The molecule has 0 aromatic heterocycles.